The van der Waals surface area contributed by atoms with Crippen LogP contribution in [0.1, 0.15) is 24.6 Å². The van der Waals surface area contributed by atoms with Gasteiger partial charge in [-0.2, -0.15) is 0 Å². The number of ether oxygens (including phenoxy) is 1. The molecule has 96 valence electrons. The van der Waals surface area contributed by atoms with E-state index in [2.05, 4.69) is 10.2 Å². The van der Waals surface area contributed by atoms with E-state index in [1.54, 1.807) is 0 Å². The fourth-order valence-corrected chi connectivity index (χ4v) is 1.67. The summed E-state index contributed by atoms with van der Waals surface area (Å²) in [6.07, 6.45) is 2.69. The number of unbranched alkanes of at least 4 members (excludes halogenated alkanes) is 1. The van der Waals surface area contributed by atoms with Crippen LogP contribution >= 0.6 is 11.6 Å². The van der Waals surface area contributed by atoms with Gasteiger partial charge >= 0.3 is 0 Å². The van der Waals surface area contributed by atoms with Crippen molar-refractivity contribution in [1.29, 1.82) is 0 Å². The molecule has 0 bridgehead atoms. The molecule has 0 unspecified atom stereocenters. The van der Waals surface area contributed by atoms with Crippen molar-refractivity contribution in [2.45, 2.75) is 25.9 Å². The minimum atomic E-state index is 0.298. The molecule has 2 aromatic rings. The lowest BCUT2D eigenvalue weighted by molar-refractivity contribution is 0.258. The van der Waals surface area contributed by atoms with Crippen molar-refractivity contribution in [1.82, 2.24) is 10.2 Å². The highest BCUT2D eigenvalue weighted by atomic mass is 35.5. The van der Waals surface area contributed by atoms with Crippen LogP contribution in [0.5, 0.6) is 5.75 Å². The molecule has 0 fully saturated rings. The van der Waals surface area contributed by atoms with Gasteiger partial charge in [0.25, 0.3) is 5.89 Å². The quantitative estimate of drug-likeness (QED) is 0.570. The average molecular weight is 267 g/mol. The highest BCUT2D eigenvalue weighted by Crippen LogP contribution is 2.11. The van der Waals surface area contributed by atoms with E-state index in [1.165, 1.54) is 0 Å². The van der Waals surface area contributed by atoms with Crippen LogP contribution in [0.3, 0.4) is 0 Å². The minimum Gasteiger partial charge on any atom is -0.484 e. The number of benzene rings is 1. The fourth-order valence-electron chi connectivity index (χ4n) is 1.48. The Kier molecular flexibility index (Phi) is 5.02. The lowest BCUT2D eigenvalue weighted by atomic mass is 10.2. The van der Waals surface area contributed by atoms with Crippen molar-refractivity contribution in [2.24, 2.45) is 0 Å². The first-order chi connectivity index (χ1) is 8.88. The Balaban J connectivity index is 1.80. The number of aryl methyl sites for hydroxylation is 1. The lowest BCUT2D eigenvalue weighted by Gasteiger charge is -2.01. The van der Waals surface area contributed by atoms with Gasteiger partial charge in [-0.05, 0) is 25.0 Å². The summed E-state index contributed by atoms with van der Waals surface area (Å²) in [6.45, 7) is 0.298. The predicted molar refractivity (Wildman–Crippen MR) is 68.7 cm³/mol. The third kappa shape index (κ3) is 4.04. The maximum Gasteiger partial charge on any atom is 0.253 e. The Morgan fingerprint density at radius 1 is 1.06 bits per heavy atom. The summed E-state index contributed by atoms with van der Waals surface area (Å²) in [5, 5.41) is 7.90. The lowest BCUT2D eigenvalue weighted by Crippen LogP contribution is -1.95. The van der Waals surface area contributed by atoms with Crippen LogP contribution in [0.4, 0.5) is 0 Å². The second kappa shape index (κ2) is 7.01. The van der Waals surface area contributed by atoms with Crippen molar-refractivity contribution in [2.75, 3.05) is 5.88 Å². The van der Waals surface area contributed by atoms with Crippen molar-refractivity contribution in [3.63, 3.8) is 0 Å². The molecule has 1 aromatic heterocycles. The van der Waals surface area contributed by atoms with E-state index in [0.717, 1.165) is 25.0 Å². The minimum absolute atomic E-state index is 0.298. The van der Waals surface area contributed by atoms with Gasteiger partial charge in [-0.15, -0.1) is 21.8 Å². The van der Waals surface area contributed by atoms with Crippen molar-refractivity contribution >= 4 is 11.6 Å². The van der Waals surface area contributed by atoms with E-state index in [0.29, 0.717) is 24.3 Å². The van der Waals surface area contributed by atoms with Gasteiger partial charge in [-0.3, -0.25) is 0 Å². The molecule has 0 N–H and O–H groups in total. The summed E-state index contributed by atoms with van der Waals surface area (Å²) in [5.74, 6) is 2.60. The Morgan fingerprint density at radius 3 is 2.61 bits per heavy atom. The van der Waals surface area contributed by atoms with Crippen LogP contribution in [-0.2, 0) is 13.0 Å². The Labute approximate surface area is 111 Å². The number of rotatable bonds is 7. The van der Waals surface area contributed by atoms with Crippen LogP contribution < -0.4 is 4.74 Å². The molecule has 0 aliphatic heterocycles. The molecule has 0 aliphatic carbocycles. The molecule has 0 spiro atoms. The third-order valence-electron chi connectivity index (χ3n) is 2.39. The summed E-state index contributed by atoms with van der Waals surface area (Å²) in [4.78, 5) is 0. The van der Waals surface area contributed by atoms with Crippen molar-refractivity contribution in [3.05, 3.63) is 42.1 Å². The van der Waals surface area contributed by atoms with Gasteiger partial charge in [0.15, 0.2) is 6.61 Å². The zero-order valence-electron chi connectivity index (χ0n) is 10.0. The molecular formula is C13H15ClN2O2. The molecule has 5 heteroatoms. The van der Waals surface area contributed by atoms with Gasteiger partial charge in [-0.1, -0.05) is 18.2 Å². The maximum absolute atomic E-state index is 5.60. The van der Waals surface area contributed by atoms with Gasteiger partial charge in [-0.25, -0.2) is 0 Å². The normalized spacial score (nSPS) is 10.5. The summed E-state index contributed by atoms with van der Waals surface area (Å²) in [7, 11) is 0. The number of nitrogens with zero attached hydrogens (tertiary/aromatic N) is 2. The third-order valence-corrected chi connectivity index (χ3v) is 2.66. The summed E-state index contributed by atoms with van der Waals surface area (Å²) < 4.78 is 11.0. The molecular weight excluding hydrogens is 252 g/mol. The highest BCUT2D eigenvalue weighted by Gasteiger charge is 2.06. The number of hydrogen-bond donors (Lipinski definition) is 0. The van der Waals surface area contributed by atoms with E-state index in [1.807, 2.05) is 30.3 Å². The molecule has 0 saturated carbocycles. The number of alkyl halides is 1. The highest BCUT2D eigenvalue weighted by molar-refractivity contribution is 6.17. The van der Waals surface area contributed by atoms with Gasteiger partial charge in [0.05, 0.1) is 0 Å². The number of para-hydroxylation sites is 1. The van der Waals surface area contributed by atoms with E-state index >= 15 is 0 Å². The molecule has 0 amide bonds. The standard InChI is InChI=1S/C13H15ClN2O2/c14-9-5-4-8-12-15-16-13(18-12)10-17-11-6-2-1-3-7-11/h1-3,6-7H,4-5,8-10H2. The Morgan fingerprint density at radius 2 is 1.83 bits per heavy atom. The molecule has 1 aromatic carbocycles. The van der Waals surface area contributed by atoms with Crippen LogP contribution in [0.2, 0.25) is 0 Å². The van der Waals surface area contributed by atoms with E-state index in [-0.39, 0.29) is 0 Å². The number of hydrogen-bond acceptors (Lipinski definition) is 4. The molecule has 0 aliphatic rings. The van der Waals surface area contributed by atoms with Crippen LogP contribution in [-0.4, -0.2) is 16.1 Å². The van der Waals surface area contributed by atoms with E-state index in [4.69, 9.17) is 20.8 Å². The zero-order chi connectivity index (χ0) is 12.6. The molecule has 0 saturated heterocycles. The van der Waals surface area contributed by atoms with Crippen LogP contribution in [0, 0.1) is 0 Å². The predicted octanol–water partition coefficient (Wildman–Crippen LogP) is 3.21. The Hall–Kier alpha value is -1.55. The fraction of sp³-hybridized carbons (Fsp3) is 0.385. The summed E-state index contributed by atoms with van der Waals surface area (Å²) in [5.41, 5.74) is 0. The molecule has 2 rings (SSSR count). The summed E-state index contributed by atoms with van der Waals surface area (Å²) >= 11 is 5.60. The SMILES string of the molecule is ClCCCCc1nnc(COc2ccccc2)o1. The van der Waals surface area contributed by atoms with E-state index < -0.39 is 0 Å². The molecule has 4 nitrogen and oxygen atoms in total. The summed E-state index contributed by atoms with van der Waals surface area (Å²) in [6, 6.07) is 9.55. The first-order valence-electron chi connectivity index (χ1n) is 5.93. The van der Waals surface area contributed by atoms with Gasteiger partial charge in [0, 0.05) is 12.3 Å². The van der Waals surface area contributed by atoms with Crippen molar-refractivity contribution in [3.8, 4) is 5.75 Å². The monoisotopic (exact) mass is 266 g/mol. The molecule has 0 radical (unpaired) electrons. The molecule has 1 heterocycles. The number of halogens is 1. The van der Waals surface area contributed by atoms with Gasteiger partial charge in [0.2, 0.25) is 5.89 Å². The molecule has 0 atom stereocenters. The second-order valence-corrected chi connectivity index (χ2v) is 4.22. The number of aromatic nitrogens is 2. The topological polar surface area (TPSA) is 48.2 Å². The van der Waals surface area contributed by atoms with E-state index in [9.17, 15) is 0 Å². The maximum atomic E-state index is 5.60. The Bertz CT molecular complexity index is 459. The van der Waals surface area contributed by atoms with Crippen molar-refractivity contribution < 1.29 is 9.15 Å². The van der Waals surface area contributed by atoms with Crippen LogP contribution in [0.25, 0.3) is 0 Å². The largest absolute Gasteiger partial charge is 0.484 e. The first-order valence-corrected chi connectivity index (χ1v) is 6.47. The zero-order valence-corrected chi connectivity index (χ0v) is 10.8. The second-order valence-electron chi connectivity index (χ2n) is 3.84. The smallest absolute Gasteiger partial charge is 0.253 e. The van der Waals surface area contributed by atoms with Gasteiger partial charge in [0.1, 0.15) is 5.75 Å². The average Bonchev–Trinajstić information content (AvgIpc) is 2.86. The van der Waals surface area contributed by atoms with Crippen LogP contribution in [0.15, 0.2) is 34.7 Å². The first kappa shape index (κ1) is 12.9. The molecule has 18 heavy (non-hydrogen) atoms. The van der Waals surface area contributed by atoms with Gasteiger partial charge < -0.3 is 9.15 Å².